The van der Waals surface area contributed by atoms with Gasteiger partial charge in [0, 0.05) is 24.2 Å². The van der Waals surface area contributed by atoms with Gasteiger partial charge < -0.3 is 20.1 Å². The molecular formula is C31H27N3O5. The topological polar surface area (TPSA) is 109 Å². The van der Waals surface area contributed by atoms with E-state index in [-0.39, 0.29) is 31.2 Å². The Balaban J connectivity index is 1.20. The minimum absolute atomic E-state index is 0.0490. The number of fused-ring (bicyclic) bond motifs is 3. The van der Waals surface area contributed by atoms with Gasteiger partial charge in [0.2, 0.25) is 0 Å². The Morgan fingerprint density at radius 1 is 0.872 bits per heavy atom. The first-order chi connectivity index (χ1) is 19.0. The standard InChI is InChI=1S/C31H27N3O5/c35-29(36)19-34(18-21-8-2-1-3-9-21)30(37)22-14-15-32-23(16-22)17-33-31(38)39-20-28-26-12-6-4-10-24(26)25-11-5-7-13-27(25)28/h1-16,28H,17-20H2,(H,33,38)(H,35,36). The van der Waals surface area contributed by atoms with E-state index >= 15 is 0 Å². The van der Waals surface area contributed by atoms with Crippen molar-refractivity contribution in [2.45, 2.75) is 19.0 Å². The molecule has 0 saturated heterocycles. The fourth-order valence-electron chi connectivity index (χ4n) is 4.87. The number of aliphatic carboxylic acids is 1. The zero-order valence-electron chi connectivity index (χ0n) is 21.1. The molecule has 0 saturated carbocycles. The van der Waals surface area contributed by atoms with Gasteiger partial charge in [0.1, 0.15) is 13.2 Å². The molecule has 0 unspecified atom stereocenters. The molecule has 39 heavy (non-hydrogen) atoms. The molecule has 4 aromatic rings. The number of benzene rings is 3. The maximum atomic E-state index is 13.1. The Morgan fingerprint density at radius 2 is 1.51 bits per heavy atom. The van der Waals surface area contributed by atoms with Gasteiger partial charge in [0.25, 0.3) is 5.91 Å². The van der Waals surface area contributed by atoms with Crippen LogP contribution >= 0.6 is 0 Å². The normalized spacial score (nSPS) is 11.8. The molecule has 8 heteroatoms. The molecule has 5 rings (SSSR count). The molecule has 1 aliphatic carbocycles. The van der Waals surface area contributed by atoms with Crippen molar-refractivity contribution in [1.29, 1.82) is 0 Å². The predicted molar refractivity (Wildman–Crippen MR) is 145 cm³/mol. The molecule has 0 atom stereocenters. The van der Waals surface area contributed by atoms with Crippen LogP contribution in [-0.4, -0.2) is 46.1 Å². The van der Waals surface area contributed by atoms with Gasteiger partial charge in [-0.3, -0.25) is 14.6 Å². The monoisotopic (exact) mass is 521 g/mol. The lowest BCUT2D eigenvalue weighted by molar-refractivity contribution is -0.137. The van der Waals surface area contributed by atoms with Gasteiger partial charge in [-0.05, 0) is 39.9 Å². The highest BCUT2D eigenvalue weighted by molar-refractivity contribution is 5.95. The molecule has 0 fully saturated rings. The van der Waals surface area contributed by atoms with Crippen LogP contribution in [0.1, 0.15) is 38.7 Å². The van der Waals surface area contributed by atoms with Crippen LogP contribution < -0.4 is 5.32 Å². The molecular weight excluding hydrogens is 494 g/mol. The van der Waals surface area contributed by atoms with E-state index in [1.807, 2.05) is 54.6 Å². The average Bonchev–Trinajstić information content (AvgIpc) is 3.28. The lowest BCUT2D eigenvalue weighted by atomic mass is 9.98. The third-order valence-electron chi connectivity index (χ3n) is 6.65. The third kappa shape index (κ3) is 5.96. The second-order valence-electron chi connectivity index (χ2n) is 9.26. The molecule has 0 aliphatic heterocycles. The number of ether oxygens (including phenoxy) is 1. The maximum Gasteiger partial charge on any atom is 0.407 e. The lowest BCUT2D eigenvalue weighted by Gasteiger charge is -2.21. The second-order valence-corrected chi connectivity index (χ2v) is 9.26. The van der Waals surface area contributed by atoms with E-state index in [1.165, 1.54) is 17.2 Å². The van der Waals surface area contributed by atoms with Crippen molar-refractivity contribution in [2.75, 3.05) is 13.2 Å². The van der Waals surface area contributed by atoms with Gasteiger partial charge in [0.05, 0.1) is 12.2 Å². The van der Waals surface area contributed by atoms with Crippen LogP contribution in [0.3, 0.4) is 0 Å². The third-order valence-corrected chi connectivity index (χ3v) is 6.65. The summed E-state index contributed by atoms with van der Waals surface area (Å²) in [5, 5.41) is 12.0. The van der Waals surface area contributed by atoms with Gasteiger partial charge in [-0.25, -0.2) is 4.79 Å². The van der Waals surface area contributed by atoms with Gasteiger partial charge in [-0.15, -0.1) is 0 Å². The van der Waals surface area contributed by atoms with Crippen molar-refractivity contribution in [1.82, 2.24) is 15.2 Å². The highest BCUT2D eigenvalue weighted by Gasteiger charge is 2.29. The Morgan fingerprint density at radius 3 is 2.18 bits per heavy atom. The largest absolute Gasteiger partial charge is 0.480 e. The highest BCUT2D eigenvalue weighted by atomic mass is 16.5. The number of nitrogens with zero attached hydrogens (tertiary/aromatic N) is 2. The van der Waals surface area contributed by atoms with Crippen molar-refractivity contribution in [3.63, 3.8) is 0 Å². The van der Waals surface area contributed by atoms with E-state index in [4.69, 9.17) is 4.74 Å². The number of rotatable bonds is 9. The molecule has 2 amide bonds. The average molecular weight is 522 g/mol. The summed E-state index contributed by atoms with van der Waals surface area (Å²) in [6, 6.07) is 28.5. The Bertz CT molecular complexity index is 1460. The van der Waals surface area contributed by atoms with Gasteiger partial charge >= 0.3 is 12.1 Å². The summed E-state index contributed by atoms with van der Waals surface area (Å²) in [5.41, 5.74) is 6.10. The number of amides is 2. The molecule has 2 N–H and O–H groups in total. The molecule has 196 valence electrons. The number of aromatic nitrogens is 1. The minimum Gasteiger partial charge on any atom is -0.480 e. The lowest BCUT2D eigenvalue weighted by Crippen LogP contribution is -2.35. The van der Waals surface area contributed by atoms with Crippen molar-refractivity contribution in [2.24, 2.45) is 0 Å². The molecule has 1 aromatic heterocycles. The maximum absolute atomic E-state index is 13.1. The zero-order valence-corrected chi connectivity index (χ0v) is 21.1. The smallest absolute Gasteiger partial charge is 0.407 e. The first-order valence-corrected chi connectivity index (χ1v) is 12.6. The predicted octanol–water partition coefficient (Wildman–Crippen LogP) is 4.85. The van der Waals surface area contributed by atoms with Gasteiger partial charge in [-0.2, -0.15) is 0 Å². The van der Waals surface area contributed by atoms with Gasteiger partial charge in [-0.1, -0.05) is 78.9 Å². The van der Waals surface area contributed by atoms with Crippen LogP contribution in [0.15, 0.2) is 97.2 Å². The van der Waals surface area contributed by atoms with Gasteiger partial charge in [0.15, 0.2) is 0 Å². The van der Waals surface area contributed by atoms with E-state index in [0.29, 0.717) is 5.69 Å². The fourth-order valence-corrected chi connectivity index (χ4v) is 4.87. The summed E-state index contributed by atoms with van der Waals surface area (Å²) < 4.78 is 5.57. The van der Waals surface area contributed by atoms with E-state index in [9.17, 15) is 19.5 Å². The Hall–Kier alpha value is -4.98. The summed E-state index contributed by atoms with van der Waals surface area (Å²) in [7, 11) is 0. The number of carboxylic acid groups (broad SMARTS) is 1. The summed E-state index contributed by atoms with van der Waals surface area (Å²) in [6.45, 7) is -0.0458. The van der Waals surface area contributed by atoms with Crippen LogP contribution in [-0.2, 0) is 22.6 Å². The molecule has 3 aromatic carbocycles. The first-order valence-electron chi connectivity index (χ1n) is 12.6. The van der Waals surface area contributed by atoms with Crippen molar-refractivity contribution in [3.05, 3.63) is 125 Å². The number of nitrogens with one attached hydrogen (secondary N) is 1. The van der Waals surface area contributed by atoms with Crippen LogP contribution in [0.5, 0.6) is 0 Å². The van der Waals surface area contributed by atoms with Crippen LogP contribution in [0, 0.1) is 0 Å². The number of alkyl carbamates (subject to hydrolysis) is 1. The van der Waals surface area contributed by atoms with E-state index in [2.05, 4.69) is 34.6 Å². The number of carbonyl (C=O) groups excluding carboxylic acids is 2. The highest BCUT2D eigenvalue weighted by Crippen LogP contribution is 2.44. The molecule has 0 radical (unpaired) electrons. The quantitative estimate of drug-likeness (QED) is 0.326. The van der Waals surface area contributed by atoms with Crippen LogP contribution in [0.25, 0.3) is 11.1 Å². The number of hydrogen-bond donors (Lipinski definition) is 2. The van der Waals surface area contributed by atoms with Crippen molar-refractivity contribution >= 4 is 18.0 Å². The zero-order chi connectivity index (χ0) is 27.2. The SMILES string of the molecule is O=C(O)CN(Cc1ccccc1)C(=O)c1ccnc(CNC(=O)OCC2c3ccccc3-c3ccccc32)c1. The fraction of sp³-hybridized carbons (Fsp3) is 0.161. The molecule has 1 heterocycles. The van der Waals surface area contributed by atoms with Crippen LogP contribution in [0.2, 0.25) is 0 Å². The number of carboxylic acids is 1. The number of carbonyl (C=O) groups is 3. The summed E-state index contributed by atoms with van der Waals surface area (Å²) in [5.74, 6) is -1.59. The molecule has 0 bridgehead atoms. The second kappa shape index (κ2) is 11.6. The summed E-state index contributed by atoms with van der Waals surface area (Å²) in [6.07, 6.45) is 0.871. The number of pyridine rings is 1. The Kier molecular flexibility index (Phi) is 7.63. The van der Waals surface area contributed by atoms with Crippen LogP contribution in [0.4, 0.5) is 4.79 Å². The summed E-state index contributed by atoms with van der Waals surface area (Å²) >= 11 is 0. The minimum atomic E-state index is -1.11. The van der Waals surface area contributed by atoms with E-state index < -0.39 is 24.5 Å². The number of hydrogen-bond acceptors (Lipinski definition) is 5. The van der Waals surface area contributed by atoms with Crippen molar-refractivity contribution < 1.29 is 24.2 Å². The summed E-state index contributed by atoms with van der Waals surface area (Å²) in [4.78, 5) is 42.6. The van der Waals surface area contributed by atoms with Crippen molar-refractivity contribution in [3.8, 4) is 11.1 Å². The molecule has 1 aliphatic rings. The van der Waals surface area contributed by atoms with E-state index in [1.54, 1.807) is 6.07 Å². The molecule has 0 spiro atoms. The van der Waals surface area contributed by atoms with E-state index in [0.717, 1.165) is 27.8 Å². The molecule has 8 nitrogen and oxygen atoms in total. The first kappa shape index (κ1) is 25.7. The Labute approximate surface area is 225 Å².